The van der Waals surface area contributed by atoms with Crippen LogP contribution in [0.5, 0.6) is 5.75 Å². The molecule has 3 rings (SSSR count). The molecule has 0 saturated heterocycles. The Kier molecular flexibility index (Phi) is 5.16. The molecule has 1 aliphatic rings. The molecule has 26 heavy (non-hydrogen) atoms. The Morgan fingerprint density at radius 3 is 2.54 bits per heavy atom. The normalized spacial score (nSPS) is 18.8. The summed E-state index contributed by atoms with van der Waals surface area (Å²) in [6.07, 6.45) is 0.450. The van der Waals surface area contributed by atoms with Gasteiger partial charge in [0, 0.05) is 22.1 Å². The molecule has 2 aromatic carbocycles. The minimum Gasteiger partial charge on any atom is -0.497 e. The lowest BCUT2D eigenvalue weighted by atomic mass is 9.88. The first-order valence-electron chi connectivity index (χ1n) is 8.42. The summed E-state index contributed by atoms with van der Waals surface area (Å²) in [5.41, 5.74) is -0.305. The maximum absolute atomic E-state index is 12.9. The first-order valence-corrected chi connectivity index (χ1v) is 9.21. The van der Waals surface area contributed by atoms with Gasteiger partial charge < -0.3 is 14.7 Å². The van der Waals surface area contributed by atoms with Crippen molar-refractivity contribution in [1.82, 2.24) is 0 Å². The maximum atomic E-state index is 12.9. The second-order valence-electron chi connectivity index (χ2n) is 6.31. The highest BCUT2D eigenvalue weighted by molar-refractivity contribution is 9.10. The van der Waals surface area contributed by atoms with Gasteiger partial charge in [-0.15, -0.1) is 0 Å². The van der Waals surface area contributed by atoms with Crippen molar-refractivity contribution in [3.63, 3.8) is 0 Å². The number of halogens is 1. The predicted octanol–water partition coefficient (Wildman–Crippen LogP) is 3.67. The molecule has 0 spiro atoms. The highest BCUT2D eigenvalue weighted by Crippen LogP contribution is 2.44. The fraction of sp³-hybridized carbons (Fsp3) is 0.300. The summed E-state index contributed by atoms with van der Waals surface area (Å²) < 4.78 is 5.84. The van der Waals surface area contributed by atoms with Crippen LogP contribution < -0.4 is 9.64 Å². The first kappa shape index (κ1) is 18.6. The van der Waals surface area contributed by atoms with Gasteiger partial charge in [-0.05, 0) is 48.9 Å². The number of fused-ring (bicyclic) bond motifs is 1. The number of anilines is 1. The van der Waals surface area contributed by atoms with Crippen LogP contribution in [0.2, 0.25) is 0 Å². The van der Waals surface area contributed by atoms with E-state index >= 15 is 0 Å². The number of benzene rings is 2. The van der Waals surface area contributed by atoms with Crippen LogP contribution in [0, 0.1) is 0 Å². The van der Waals surface area contributed by atoms with Crippen molar-refractivity contribution in [2.75, 3.05) is 18.6 Å². The number of hydrogen-bond acceptors (Lipinski definition) is 4. The van der Waals surface area contributed by atoms with Crippen molar-refractivity contribution in [3.05, 3.63) is 58.1 Å². The van der Waals surface area contributed by atoms with E-state index in [0.29, 0.717) is 29.1 Å². The average molecular weight is 418 g/mol. The Bertz CT molecular complexity index is 849. The number of ketones is 1. The summed E-state index contributed by atoms with van der Waals surface area (Å²) in [6.45, 7) is 2.46. The number of amides is 1. The smallest absolute Gasteiger partial charge is 0.264 e. The van der Waals surface area contributed by atoms with E-state index in [-0.39, 0.29) is 12.2 Å². The number of rotatable bonds is 6. The van der Waals surface area contributed by atoms with Gasteiger partial charge in [0.1, 0.15) is 5.75 Å². The summed E-state index contributed by atoms with van der Waals surface area (Å²) >= 11 is 3.38. The standard InChI is InChI=1S/C20H20BrNO4/c1-3-10-22-17-9-6-14(21)11-16(17)20(25,19(22)24)12-18(23)13-4-7-15(26-2)8-5-13/h4-9,11,25H,3,10,12H2,1-2H3. The molecule has 1 aliphatic heterocycles. The van der Waals surface area contributed by atoms with E-state index < -0.39 is 11.5 Å². The summed E-state index contributed by atoms with van der Waals surface area (Å²) in [6, 6.07) is 12.0. The van der Waals surface area contributed by atoms with Crippen LogP contribution in [0.4, 0.5) is 5.69 Å². The van der Waals surface area contributed by atoms with Gasteiger partial charge in [-0.2, -0.15) is 0 Å². The summed E-state index contributed by atoms with van der Waals surface area (Å²) in [4.78, 5) is 27.2. The molecule has 136 valence electrons. The van der Waals surface area contributed by atoms with E-state index in [1.165, 1.54) is 0 Å². The van der Waals surface area contributed by atoms with Crippen molar-refractivity contribution in [2.45, 2.75) is 25.4 Å². The lowest BCUT2D eigenvalue weighted by Crippen LogP contribution is -2.42. The lowest BCUT2D eigenvalue weighted by molar-refractivity contribution is -0.135. The molecular weight excluding hydrogens is 398 g/mol. The zero-order valence-electron chi connectivity index (χ0n) is 14.7. The first-order chi connectivity index (χ1) is 12.4. The third-order valence-corrected chi connectivity index (χ3v) is 5.06. The molecule has 1 heterocycles. The van der Waals surface area contributed by atoms with Crippen molar-refractivity contribution >= 4 is 33.3 Å². The summed E-state index contributed by atoms with van der Waals surface area (Å²) in [5.74, 6) is -0.109. The molecule has 0 radical (unpaired) electrons. The second kappa shape index (κ2) is 7.21. The number of Topliss-reactive ketones (excluding diaryl/α,β-unsaturated/α-hetero) is 1. The highest BCUT2D eigenvalue weighted by atomic mass is 79.9. The topological polar surface area (TPSA) is 66.8 Å². The number of hydrogen-bond donors (Lipinski definition) is 1. The van der Waals surface area contributed by atoms with Gasteiger partial charge in [0.25, 0.3) is 5.91 Å². The van der Waals surface area contributed by atoms with Crippen LogP contribution in [0.15, 0.2) is 46.9 Å². The SMILES string of the molecule is CCCN1C(=O)C(O)(CC(=O)c2ccc(OC)cc2)c2cc(Br)ccc21. The quantitative estimate of drug-likeness (QED) is 0.727. The van der Waals surface area contributed by atoms with E-state index in [1.807, 2.05) is 13.0 Å². The van der Waals surface area contributed by atoms with E-state index in [1.54, 1.807) is 48.4 Å². The van der Waals surface area contributed by atoms with E-state index in [0.717, 1.165) is 10.9 Å². The van der Waals surface area contributed by atoms with E-state index in [4.69, 9.17) is 4.74 Å². The van der Waals surface area contributed by atoms with Crippen LogP contribution in [0.1, 0.15) is 35.7 Å². The minimum absolute atomic E-state index is 0.298. The minimum atomic E-state index is -1.86. The van der Waals surface area contributed by atoms with Crippen molar-refractivity contribution in [1.29, 1.82) is 0 Å². The molecule has 2 aromatic rings. The lowest BCUT2D eigenvalue weighted by Gasteiger charge is -2.22. The Hall–Kier alpha value is -2.18. The fourth-order valence-corrected chi connectivity index (χ4v) is 3.61. The highest BCUT2D eigenvalue weighted by Gasteiger charge is 2.50. The van der Waals surface area contributed by atoms with Gasteiger partial charge in [-0.1, -0.05) is 22.9 Å². The van der Waals surface area contributed by atoms with Crippen LogP contribution in [0.3, 0.4) is 0 Å². The summed E-state index contributed by atoms with van der Waals surface area (Å²) in [7, 11) is 1.55. The van der Waals surface area contributed by atoms with Crippen molar-refractivity contribution in [2.24, 2.45) is 0 Å². The number of aliphatic hydroxyl groups is 1. The zero-order valence-corrected chi connectivity index (χ0v) is 16.2. The maximum Gasteiger partial charge on any atom is 0.264 e. The van der Waals surface area contributed by atoms with Crippen LogP contribution in [-0.4, -0.2) is 30.5 Å². The Morgan fingerprint density at radius 1 is 1.23 bits per heavy atom. The van der Waals surface area contributed by atoms with Gasteiger partial charge >= 0.3 is 0 Å². The number of ether oxygens (including phenoxy) is 1. The van der Waals surface area contributed by atoms with Crippen LogP contribution >= 0.6 is 15.9 Å². The van der Waals surface area contributed by atoms with Gasteiger partial charge in [0.2, 0.25) is 0 Å². The summed E-state index contributed by atoms with van der Waals surface area (Å²) in [5, 5.41) is 11.2. The van der Waals surface area contributed by atoms with Crippen molar-refractivity contribution in [3.8, 4) is 5.75 Å². The number of methoxy groups -OCH3 is 1. The molecule has 0 aromatic heterocycles. The molecule has 0 fully saturated rings. The van der Waals surface area contributed by atoms with E-state index in [2.05, 4.69) is 15.9 Å². The third kappa shape index (κ3) is 3.15. The van der Waals surface area contributed by atoms with Gasteiger partial charge in [0.15, 0.2) is 11.4 Å². The molecule has 6 heteroatoms. The molecule has 1 N–H and O–H groups in total. The Morgan fingerprint density at radius 2 is 1.92 bits per heavy atom. The molecule has 0 bridgehead atoms. The fourth-order valence-electron chi connectivity index (χ4n) is 3.25. The average Bonchev–Trinajstić information content (AvgIpc) is 2.84. The van der Waals surface area contributed by atoms with Gasteiger partial charge in [-0.25, -0.2) is 0 Å². The molecule has 1 unspecified atom stereocenters. The molecular formula is C20H20BrNO4. The largest absolute Gasteiger partial charge is 0.497 e. The molecule has 5 nitrogen and oxygen atoms in total. The number of carbonyl (C=O) groups excluding carboxylic acids is 2. The van der Waals surface area contributed by atoms with Crippen LogP contribution in [0.25, 0.3) is 0 Å². The number of carbonyl (C=O) groups is 2. The van der Waals surface area contributed by atoms with Gasteiger partial charge in [0.05, 0.1) is 19.2 Å². The molecule has 1 atom stereocenters. The third-order valence-electron chi connectivity index (χ3n) is 4.57. The predicted molar refractivity (Wildman–Crippen MR) is 103 cm³/mol. The molecule has 0 saturated carbocycles. The monoisotopic (exact) mass is 417 g/mol. The molecule has 0 aliphatic carbocycles. The Labute approximate surface area is 160 Å². The van der Waals surface area contributed by atoms with Crippen molar-refractivity contribution < 1.29 is 19.4 Å². The molecule has 1 amide bonds. The second-order valence-corrected chi connectivity index (χ2v) is 7.22. The van der Waals surface area contributed by atoms with E-state index in [9.17, 15) is 14.7 Å². The van der Waals surface area contributed by atoms with Crippen LogP contribution in [-0.2, 0) is 10.4 Å². The Balaban J connectivity index is 1.96. The zero-order chi connectivity index (χ0) is 18.9. The number of nitrogens with zero attached hydrogens (tertiary/aromatic N) is 1. The van der Waals surface area contributed by atoms with Gasteiger partial charge in [-0.3, -0.25) is 9.59 Å².